The zero-order chi connectivity index (χ0) is 14.1. The fraction of sp³-hybridized carbons (Fsp3) is 0.500. The molecule has 0 aliphatic carbocycles. The Hall–Kier alpha value is -1.34. The molecule has 0 saturated carbocycles. The van der Waals surface area contributed by atoms with Gasteiger partial charge < -0.3 is 10.5 Å². The van der Waals surface area contributed by atoms with Crippen molar-refractivity contribution in [2.75, 3.05) is 26.8 Å². The van der Waals surface area contributed by atoms with Crippen LogP contribution in [0.2, 0.25) is 0 Å². The molecule has 0 radical (unpaired) electrons. The first-order valence-electron chi connectivity index (χ1n) is 6.68. The predicted molar refractivity (Wildman–Crippen MR) is 79.8 cm³/mol. The maximum Gasteiger partial charge on any atom is 0.0589 e. The lowest BCUT2D eigenvalue weighted by molar-refractivity contribution is 0.125. The van der Waals surface area contributed by atoms with Gasteiger partial charge in [-0.3, -0.25) is 4.90 Å². The van der Waals surface area contributed by atoms with E-state index in [4.69, 9.17) is 10.5 Å². The monoisotopic (exact) mass is 260 g/mol. The SMILES string of the molecule is COCCN(Cc1cccc(C#CCN)c1)C(C)C. The van der Waals surface area contributed by atoms with Crippen LogP contribution in [0, 0.1) is 11.8 Å². The molecule has 0 spiro atoms. The van der Waals surface area contributed by atoms with Crippen LogP contribution >= 0.6 is 0 Å². The molecule has 104 valence electrons. The molecule has 1 aromatic rings. The molecule has 0 fully saturated rings. The van der Waals surface area contributed by atoms with Gasteiger partial charge in [-0.15, -0.1) is 0 Å². The minimum atomic E-state index is 0.399. The molecule has 0 aliphatic rings. The molecule has 0 bridgehead atoms. The van der Waals surface area contributed by atoms with Crippen LogP contribution in [0.5, 0.6) is 0 Å². The number of ether oxygens (including phenoxy) is 1. The van der Waals surface area contributed by atoms with Crippen LogP contribution in [0.15, 0.2) is 24.3 Å². The molecule has 1 rings (SSSR count). The summed E-state index contributed by atoms with van der Waals surface area (Å²) in [6.07, 6.45) is 0. The number of benzene rings is 1. The Morgan fingerprint density at radius 1 is 1.37 bits per heavy atom. The molecule has 1 aromatic carbocycles. The summed E-state index contributed by atoms with van der Waals surface area (Å²) in [4.78, 5) is 2.39. The Bertz CT molecular complexity index is 432. The van der Waals surface area contributed by atoms with E-state index in [0.29, 0.717) is 12.6 Å². The lowest BCUT2D eigenvalue weighted by atomic mass is 10.1. The van der Waals surface area contributed by atoms with E-state index in [1.54, 1.807) is 7.11 Å². The summed E-state index contributed by atoms with van der Waals surface area (Å²) >= 11 is 0. The standard InChI is InChI=1S/C16H24N2O/c1-14(2)18(10-11-19-3)13-16-7-4-6-15(12-16)8-5-9-17/h4,6-7,12,14H,9-11,13,17H2,1-3H3. The molecule has 0 aliphatic heterocycles. The number of methoxy groups -OCH3 is 1. The van der Waals surface area contributed by atoms with Crippen molar-refractivity contribution >= 4 is 0 Å². The van der Waals surface area contributed by atoms with E-state index >= 15 is 0 Å². The van der Waals surface area contributed by atoms with Crippen molar-refractivity contribution in [3.05, 3.63) is 35.4 Å². The Morgan fingerprint density at radius 3 is 2.79 bits per heavy atom. The highest BCUT2D eigenvalue weighted by molar-refractivity contribution is 5.37. The molecule has 3 nitrogen and oxygen atoms in total. The second-order valence-corrected chi connectivity index (χ2v) is 4.76. The lowest BCUT2D eigenvalue weighted by Crippen LogP contribution is -2.33. The molecule has 0 aromatic heterocycles. The quantitative estimate of drug-likeness (QED) is 0.793. The number of nitrogens with two attached hydrogens (primary N) is 1. The van der Waals surface area contributed by atoms with Crippen LogP contribution in [-0.4, -0.2) is 37.7 Å². The summed E-state index contributed by atoms with van der Waals surface area (Å²) in [7, 11) is 1.74. The van der Waals surface area contributed by atoms with Crippen LogP contribution in [-0.2, 0) is 11.3 Å². The van der Waals surface area contributed by atoms with Gasteiger partial charge in [0.1, 0.15) is 0 Å². The van der Waals surface area contributed by atoms with E-state index in [-0.39, 0.29) is 0 Å². The van der Waals surface area contributed by atoms with Crippen LogP contribution < -0.4 is 5.73 Å². The molecule has 2 N–H and O–H groups in total. The third-order valence-electron chi connectivity index (χ3n) is 2.96. The third kappa shape index (κ3) is 5.89. The first-order chi connectivity index (χ1) is 9.17. The molecule has 0 atom stereocenters. The molecular formula is C16H24N2O. The normalized spacial score (nSPS) is 10.6. The minimum absolute atomic E-state index is 0.399. The van der Waals surface area contributed by atoms with Gasteiger partial charge in [-0.05, 0) is 31.5 Å². The van der Waals surface area contributed by atoms with Gasteiger partial charge in [0.05, 0.1) is 13.2 Å². The van der Waals surface area contributed by atoms with E-state index < -0.39 is 0 Å². The number of nitrogens with zero attached hydrogens (tertiary/aromatic N) is 1. The zero-order valence-electron chi connectivity index (χ0n) is 12.1. The summed E-state index contributed by atoms with van der Waals surface area (Å²) in [5.41, 5.74) is 7.69. The first kappa shape index (κ1) is 15.7. The summed E-state index contributed by atoms with van der Waals surface area (Å²) in [5.74, 6) is 5.96. The van der Waals surface area contributed by atoms with Crippen molar-refractivity contribution in [3.63, 3.8) is 0 Å². The topological polar surface area (TPSA) is 38.5 Å². The number of hydrogen-bond acceptors (Lipinski definition) is 3. The number of hydrogen-bond donors (Lipinski definition) is 1. The van der Waals surface area contributed by atoms with Gasteiger partial charge in [0, 0.05) is 31.8 Å². The van der Waals surface area contributed by atoms with Gasteiger partial charge in [0.25, 0.3) is 0 Å². The van der Waals surface area contributed by atoms with Crippen molar-refractivity contribution < 1.29 is 4.74 Å². The summed E-state index contributed by atoms with van der Waals surface area (Å²) in [6, 6.07) is 8.82. The first-order valence-corrected chi connectivity index (χ1v) is 6.68. The smallest absolute Gasteiger partial charge is 0.0589 e. The fourth-order valence-corrected chi connectivity index (χ4v) is 1.86. The Balaban J connectivity index is 2.73. The third-order valence-corrected chi connectivity index (χ3v) is 2.96. The van der Waals surface area contributed by atoms with Crippen molar-refractivity contribution in [2.24, 2.45) is 5.73 Å². The molecule has 0 heterocycles. The molecule has 0 amide bonds. The molecule has 0 unspecified atom stereocenters. The lowest BCUT2D eigenvalue weighted by Gasteiger charge is -2.26. The van der Waals surface area contributed by atoms with Gasteiger partial charge in [0.2, 0.25) is 0 Å². The second-order valence-electron chi connectivity index (χ2n) is 4.76. The van der Waals surface area contributed by atoms with Crippen molar-refractivity contribution in [2.45, 2.75) is 26.4 Å². The Labute approximate surface area is 116 Å². The van der Waals surface area contributed by atoms with Gasteiger partial charge in [-0.1, -0.05) is 24.0 Å². The molecule has 0 saturated heterocycles. The van der Waals surface area contributed by atoms with Gasteiger partial charge >= 0.3 is 0 Å². The Morgan fingerprint density at radius 2 is 2.16 bits per heavy atom. The van der Waals surface area contributed by atoms with E-state index in [9.17, 15) is 0 Å². The summed E-state index contributed by atoms with van der Waals surface area (Å²) in [5, 5.41) is 0. The van der Waals surface area contributed by atoms with Crippen molar-refractivity contribution in [1.82, 2.24) is 4.90 Å². The maximum absolute atomic E-state index is 5.39. The van der Waals surface area contributed by atoms with Crippen LogP contribution in [0.1, 0.15) is 25.0 Å². The number of rotatable bonds is 6. The van der Waals surface area contributed by atoms with E-state index in [1.807, 2.05) is 12.1 Å². The molecule has 19 heavy (non-hydrogen) atoms. The van der Waals surface area contributed by atoms with Crippen LogP contribution in [0.25, 0.3) is 0 Å². The van der Waals surface area contributed by atoms with Crippen molar-refractivity contribution in [3.8, 4) is 11.8 Å². The average molecular weight is 260 g/mol. The fourth-order valence-electron chi connectivity index (χ4n) is 1.86. The average Bonchev–Trinajstić information content (AvgIpc) is 2.41. The van der Waals surface area contributed by atoms with Crippen LogP contribution in [0.3, 0.4) is 0 Å². The molecular weight excluding hydrogens is 236 g/mol. The van der Waals surface area contributed by atoms with Gasteiger partial charge in [-0.2, -0.15) is 0 Å². The highest BCUT2D eigenvalue weighted by atomic mass is 16.5. The maximum atomic E-state index is 5.39. The predicted octanol–water partition coefficient (Wildman–Crippen LogP) is 1.85. The zero-order valence-corrected chi connectivity index (χ0v) is 12.1. The van der Waals surface area contributed by atoms with E-state index in [2.05, 4.69) is 42.7 Å². The van der Waals surface area contributed by atoms with Crippen LogP contribution in [0.4, 0.5) is 0 Å². The molecule has 3 heteroatoms. The van der Waals surface area contributed by atoms with Crippen molar-refractivity contribution in [1.29, 1.82) is 0 Å². The van der Waals surface area contributed by atoms with Gasteiger partial charge in [0.15, 0.2) is 0 Å². The highest BCUT2D eigenvalue weighted by Gasteiger charge is 2.09. The van der Waals surface area contributed by atoms with Gasteiger partial charge in [-0.25, -0.2) is 0 Å². The minimum Gasteiger partial charge on any atom is -0.383 e. The second kappa shape index (κ2) is 8.71. The summed E-state index contributed by atoms with van der Waals surface area (Å²) in [6.45, 7) is 7.41. The Kier molecular flexibility index (Phi) is 7.20. The highest BCUT2D eigenvalue weighted by Crippen LogP contribution is 2.10. The van der Waals surface area contributed by atoms with E-state index in [1.165, 1.54) is 5.56 Å². The largest absolute Gasteiger partial charge is 0.383 e. The van der Waals surface area contributed by atoms with E-state index in [0.717, 1.165) is 25.3 Å². The summed E-state index contributed by atoms with van der Waals surface area (Å²) < 4.78 is 5.16.